The molecule has 1 rings (SSSR count). The van der Waals surface area contributed by atoms with Crippen LogP contribution in [0.3, 0.4) is 0 Å². The van der Waals surface area contributed by atoms with E-state index >= 15 is 0 Å². The lowest BCUT2D eigenvalue weighted by Crippen LogP contribution is -1.99. The van der Waals surface area contributed by atoms with Crippen molar-refractivity contribution in [1.29, 1.82) is 0 Å². The van der Waals surface area contributed by atoms with Crippen LogP contribution in [0.5, 0.6) is 0 Å². The molecule has 0 saturated carbocycles. The van der Waals surface area contributed by atoms with Crippen LogP contribution in [0.25, 0.3) is 0 Å². The second-order valence-corrected chi connectivity index (χ2v) is 1.97. The molecule has 0 fully saturated rings. The minimum Gasteiger partial charge on any atom is -0.250 e. The van der Waals surface area contributed by atoms with Gasteiger partial charge in [0.05, 0.1) is 0 Å². The molecule has 0 aliphatic heterocycles. The number of rotatable bonds is 1. The van der Waals surface area contributed by atoms with Gasteiger partial charge >= 0.3 is 0 Å². The van der Waals surface area contributed by atoms with Crippen LogP contribution in [0.15, 0.2) is 12.7 Å². The van der Waals surface area contributed by atoms with Crippen LogP contribution in [0.2, 0.25) is 0 Å². The highest BCUT2D eigenvalue weighted by Gasteiger charge is 1.92. The van der Waals surface area contributed by atoms with Crippen molar-refractivity contribution >= 4 is 37.2 Å². The third kappa shape index (κ3) is 3.69. The Morgan fingerprint density at radius 2 is 2.00 bits per heavy atom. The molecular weight excluding hydrogens is 356 g/mol. The Hall–Kier alpha value is 0.600. The van der Waals surface area contributed by atoms with Crippen molar-refractivity contribution in [1.82, 2.24) is 14.8 Å². The number of halogens is 2. The van der Waals surface area contributed by atoms with E-state index in [4.69, 9.17) is 0 Å². The highest BCUT2D eigenvalue weighted by molar-refractivity contribution is 15.0. The lowest BCUT2D eigenvalue weighted by atomic mass is 10.4. The summed E-state index contributed by atoms with van der Waals surface area (Å²) in [5, 5.41) is 3.92. The lowest BCUT2D eigenvalue weighted by molar-refractivity contribution is 0.531. The molecule has 0 aromatic carbocycles. The smallest absolute Gasteiger partial charge is 0.137 e. The fourth-order valence-electron chi connectivity index (χ4n) is 0.484. The molecule has 1 heterocycles. The molecular formula is C5H9I2N3. The summed E-state index contributed by atoms with van der Waals surface area (Å²) in [4.78, 5) is 3.80. The molecule has 0 atom stereocenters. The molecule has 0 aliphatic rings. The third-order valence-electron chi connectivity index (χ3n) is 0.966. The summed E-state index contributed by atoms with van der Waals surface area (Å²) >= 11 is 4.24. The maximum atomic E-state index is 3.92. The van der Waals surface area contributed by atoms with Gasteiger partial charge in [-0.05, 0) is 13.8 Å². The summed E-state index contributed by atoms with van der Waals surface area (Å²) in [6.07, 6.45) is 3.25. The Morgan fingerprint density at radius 1 is 1.40 bits per heavy atom. The molecule has 0 bridgehead atoms. The number of nitrogens with zero attached hydrogens (tertiary/aromatic N) is 3. The zero-order valence-electron chi connectivity index (χ0n) is 5.83. The Bertz CT molecular complexity index is 150. The predicted octanol–water partition coefficient (Wildman–Crippen LogP) is 2.63. The first-order valence-corrected chi connectivity index (χ1v) is 9.07. The highest BCUT2D eigenvalue weighted by atomic mass is 128. The van der Waals surface area contributed by atoms with Crippen LogP contribution >= 0.6 is 37.2 Å². The minimum atomic E-state index is 0.428. The van der Waals surface area contributed by atoms with Gasteiger partial charge in [0, 0.05) is 43.3 Å². The second kappa shape index (κ2) is 6.32. The summed E-state index contributed by atoms with van der Waals surface area (Å²) < 4.78 is 1.81. The molecule has 0 amide bonds. The average molecular weight is 365 g/mol. The van der Waals surface area contributed by atoms with E-state index in [1.54, 1.807) is 17.3 Å². The molecule has 3 nitrogen and oxygen atoms in total. The normalized spacial score (nSPS) is 8.90. The van der Waals surface area contributed by atoms with E-state index in [1.165, 1.54) is 0 Å². The number of aromatic nitrogens is 3. The van der Waals surface area contributed by atoms with Gasteiger partial charge in [0.25, 0.3) is 0 Å². The molecule has 0 radical (unpaired) electrons. The second-order valence-electron chi connectivity index (χ2n) is 1.97. The van der Waals surface area contributed by atoms with Crippen molar-refractivity contribution in [2.24, 2.45) is 0 Å². The zero-order chi connectivity index (χ0) is 7.98. The van der Waals surface area contributed by atoms with Crippen molar-refractivity contribution in [3.63, 3.8) is 0 Å². The summed E-state index contributed by atoms with van der Waals surface area (Å²) in [6.45, 7) is 4.13. The SMILES string of the molecule is CC(C)n1cncn1.II. The Balaban J connectivity index is 0.000000371. The molecule has 58 valence electrons. The largest absolute Gasteiger partial charge is 0.250 e. The average Bonchev–Trinajstić information content (AvgIpc) is 2.42. The van der Waals surface area contributed by atoms with Crippen LogP contribution in [0, 0.1) is 0 Å². The summed E-state index contributed by atoms with van der Waals surface area (Å²) in [5.41, 5.74) is 0. The molecule has 0 saturated heterocycles. The van der Waals surface area contributed by atoms with Gasteiger partial charge in [0.2, 0.25) is 0 Å². The molecule has 0 N–H and O–H groups in total. The van der Waals surface area contributed by atoms with Gasteiger partial charge in [-0.15, -0.1) is 0 Å². The van der Waals surface area contributed by atoms with Crippen molar-refractivity contribution in [2.75, 3.05) is 0 Å². The van der Waals surface area contributed by atoms with Gasteiger partial charge in [-0.25, -0.2) is 4.98 Å². The van der Waals surface area contributed by atoms with E-state index in [0.717, 1.165) is 0 Å². The molecule has 0 aliphatic carbocycles. The van der Waals surface area contributed by atoms with Gasteiger partial charge < -0.3 is 0 Å². The first-order chi connectivity index (χ1) is 4.80. The maximum Gasteiger partial charge on any atom is 0.137 e. The number of hydrogen-bond donors (Lipinski definition) is 0. The van der Waals surface area contributed by atoms with Crippen LogP contribution in [-0.2, 0) is 0 Å². The summed E-state index contributed by atoms with van der Waals surface area (Å²) in [6, 6.07) is 0.428. The van der Waals surface area contributed by atoms with Crippen LogP contribution < -0.4 is 0 Å². The molecule has 1 aromatic heterocycles. The van der Waals surface area contributed by atoms with E-state index in [0.29, 0.717) is 6.04 Å². The Labute approximate surface area is 83.9 Å². The maximum absolute atomic E-state index is 3.92. The van der Waals surface area contributed by atoms with E-state index in [-0.39, 0.29) is 0 Å². The van der Waals surface area contributed by atoms with Gasteiger partial charge in [0.15, 0.2) is 0 Å². The van der Waals surface area contributed by atoms with Gasteiger partial charge in [0.1, 0.15) is 12.7 Å². The highest BCUT2D eigenvalue weighted by Crippen LogP contribution is 1.96. The zero-order valence-corrected chi connectivity index (χ0v) is 10.1. The van der Waals surface area contributed by atoms with E-state index in [1.807, 2.05) is 0 Å². The number of hydrogen-bond acceptors (Lipinski definition) is 2. The van der Waals surface area contributed by atoms with Crippen molar-refractivity contribution in [3.05, 3.63) is 12.7 Å². The quantitative estimate of drug-likeness (QED) is 0.717. The first-order valence-electron chi connectivity index (χ1n) is 2.79. The molecule has 5 heteroatoms. The van der Waals surface area contributed by atoms with Crippen molar-refractivity contribution in [3.8, 4) is 0 Å². The van der Waals surface area contributed by atoms with E-state index in [2.05, 4.69) is 61.2 Å². The fourth-order valence-corrected chi connectivity index (χ4v) is 0.484. The van der Waals surface area contributed by atoms with E-state index in [9.17, 15) is 0 Å². The van der Waals surface area contributed by atoms with Gasteiger partial charge in [-0.3, -0.25) is 4.68 Å². The molecule has 0 spiro atoms. The van der Waals surface area contributed by atoms with Crippen molar-refractivity contribution < 1.29 is 0 Å². The van der Waals surface area contributed by atoms with E-state index < -0.39 is 0 Å². The molecule has 10 heavy (non-hydrogen) atoms. The van der Waals surface area contributed by atoms with Gasteiger partial charge in [-0.1, -0.05) is 0 Å². The predicted molar refractivity (Wildman–Crippen MR) is 58.4 cm³/mol. The first kappa shape index (κ1) is 10.6. The monoisotopic (exact) mass is 365 g/mol. The summed E-state index contributed by atoms with van der Waals surface area (Å²) in [5.74, 6) is 0. The Morgan fingerprint density at radius 3 is 2.20 bits per heavy atom. The molecule has 1 aromatic rings. The van der Waals surface area contributed by atoms with Crippen LogP contribution in [0.4, 0.5) is 0 Å². The Kier molecular flexibility index (Phi) is 6.70. The van der Waals surface area contributed by atoms with Crippen LogP contribution in [0.1, 0.15) is 19.9 Å². The minimum absolute atomic E-state index is 0.428. The lowest BCUT2D eigenvalue weighted by Gasteiger charge is -2.00. The van der Waals surface area contributed by atoms with Crippen LogP contribution in [-0.4, -0.2) is 14.8 Å². The van der Waals surface area contributed by atoms with Gasteiger partial charge in [-0.2, -0.15) is 5.10 Å². The topological polar surface area (TPSA) is 30.7 Å². The van der Waals surface area contributed by atoms with Crippen molar-refractivity contribution in [2.45, 2.75) is 19.9 Å². The fraction of sp³-hybridized carbons (Fsp3) is 0.600. The summed E-state index contributed by atoms with van der Waals surface area (Å²) in [7, 11) is 0. The molecule has 0 unspecified atom stereocenters. The third-order valence-corrected chi connectivity index (χ3v) is 0.966. The standard InChI is InChI=1S/C5H9N3.I2/c1-5(2)8-4-6-3-7-8;1-2/h3-5H,1-2H3;.